The van der Waals surface area contributed by atoms with Crippen molar-refractivity contribution in [1.29, 1.82) is 0 Å². The second kappa shape index (κ2) is 10.3. The summed E-state index contributed by atoms with van der Waals surface area (Å²) < 4.78 is 0. The molecule has 28 heavy (non-hydrogen) atoms. The normalized spacial score (nSPS) is 22.0. The van der Waals surface area contributed by atoms with Crippen molar-refractivity contribution >= 4 is 23.8 Å². The molecule has 0 saturated carbocycles. The Kier molecular flexibility index (Phi) is 9.14. The number of hydrogen-bond donors (Lipinski definition) is 4. The zero-order valence-corrected chi connectivity index (χ0v) is 15.8. The van der Waals surface area contributed by atoms with E-state index in [4.69, 9.17) is 25.2 Å². The number of benzene rings is 1. The van der Waals surface area contributed by atoms with Crippen molar-refractivity contribution in [3.63, 3.8) is 0 Å². The molecule has 155 valence electrons. The lowest BCUT2D eigenvalue weighted by molar-refractivity contribution is -0.134. The number of fused-ring (bicyclic) bond motifs is 3. The third-order valence-corrected chi connectivity index (χ3v) is 4.54. The third kappa shape index (κ3) is 5.96. The maximum absolute atomic E-state index is 9.55. The number of aliphatic carboxylic acids is 2. The predicted molar refractivity (Wildman–Crippen MR) is 101 cm³/mol. The fraction of sp³-hybridized carbons (Fsp3) is 0.389. The molecule has 1 radical (unpaired) electrons. The maximum atomic E-state index is 9.55. The van der Waals surface area contributed by atoms with Gasteiger partial charge < -0.3 is 30.8 Å². The zero-order chi connectivity index (χ0) is 20.8. The topological polar surface area (TPSA) is 170 Å². The first-order chi connectivity index (χ1) is 12.5. The van der Waals surface area contributed by atoms with Crippen LogP contribution in [0.2, 0.25) is 0 Å². The average molecular weight is 397 g/mol. The minimum Gasteiger partial charge on any atom is -0.478 e. The van der Waals surface area contributed by atoms with Crippen molar-refractivity contribution in [2.24, 2.45) is 0 Å². The molecule has 1 aromatic carbocycles. The number of carboxylic acid groups (broad SMARTS) is 4. The molecular weight excluding hydrogens is 372 g/mol. The Morgan fingerprint density at radius 1 is 1.14 bits per heavy atom. The van der Waals surface area contributed by atoms with Gasteiger partial charge in [-0.05, 0) is 37.2 Å². The number of anilines is 1. The molecule has 0 bridgehead atoms. The van der Waals surface area contributed by atoms with E-state index in [0.717, 1.165) is 0 Å². The molecule has 0 aliphatic carbocycles. The van der Waals surface area contributed by atoms with Crippen LogP contribution in [0.15, 0.2) is 30.4 Å². The first-order valence-electron chi connectivity index (χ1n) is 8.00. The van der Waals surface area contributed by atoms with Crippen LogP contribution in [0.3, 0.4) is 0 Å². The van der Waals surface area contributed by atoms with E-state index in [1.165, 1.54) is 24.2 Å². The molecular formula is C18H25N2O8. The van der Waals surface area contributed by atoms with Crippen LogP contribution in [0.25, 0.3) is 0 Å². The number of likely N-dealkylation sites (tertiary alicyclic amines) is 1. The van der Waals surface area contributed by atoms with Crippen molar-refractivity contribution in [2.75, 3.05) is 25.5 Å². The molecule has 2 atom stereocenters. The minimum absolute atomic E-state index is 0. The highest BCUT2D eigenvalue weighted by Gasteiger charge is 2.51. The van der Waals surface area contributed by atoms with Crippen LogP contribution in [-0.2, 0) is 15.0 Å². The lowest BCUT2D eigenvalue weighted by Crippen LogP contribution is -2.45. The lowest BCUT2D eigenvalue weighted by Gasteiger charge is -2.32. The number of hydrogen-bond acceptors (Lipinski definition) is 5. The van der Waals surface area contributed by atoms with Gasteiger partial charge >= 0.3 is 18.1 Å². The van der Waals surface area contributed by atoms with Crippen LogP contribution in [0.5, 0.6) is 0 Å². The number of likely N-dealkylation sites (N-methyl/N-ethyl adjacent to an activating group) is 2. The van der Waals surface area contributed by atoms with E-state index in [-0.39, 0.29) is 5.48 Å². The van der Waals surface area contributed by atoms with Gasteiger partial charge in [0.25, 0.3) is 0 Å². The Morgan fingerprint density at radius 2 is 1.64 bits per heavy atom. The van der Waals surface area contributed by atoms with Gasteiger partial charge in [-0.1, -0.05) is 13.0 Å². The van der Waals surface area contributed by atoms with Gasteiger partial charge in [-0.25, -0.2) is 14.4 Å². The molecule has 10 nitrogen and oxygen atoms in total. The molecule has 0 spiro atoms. The Bertz CT molecular complexity index is 716. The summed E-state index contributed by atoms with van der Waals surface area (Å²) in [7, 11) is 4.43. The van der Waals surface area contributed by atoms with E-state index in [1.807, 2.05) is 6.07 Å². The molecule has 0 unspecified atom stereocenters. The van der Waals surface area contributed by atoms with E-state index in [1.54, 1.807) is 0 Å². The molecule has 6 N–H and O–H groups in total. The van der Waals surface area contributed by atoms with Crippen molar-refractivity contribution < 1.29 is 40.3 Å². The summed E-state index contributed by atoms with van der Waals surface area (Å²) in [5.41, 5.74) is 3.16. The molecule has 0 amide bonds. The van der Waals surface area contributed by atoms with Gasteiger partial charge in [-0.3, -0.25) is 4.90 Å². The SMILES string of the molecule is CN1CC[C@@]2(C)c3c[c]ccc3N(C)[C@@H]12.O.O=C(O)/C=C/C(=O)O.O=C(O)O. The summed E-state index contributed by atoms with van der Waals surface area (Å²) >= 11 is 0. The molecule has 2 aliphatic rings. The van der Waals surface area contributed by atoms with E-state index in [9.17, 15) is 9.59 Å². The average Bonchev–Trinajstić information content (AvgIpc) is 2.99. The van der Waals surface area contributed by atoms with Crippen LogP contribution in [-0.4, -0.2) is 75.7 Å². The minimum atomic E-state index is -1.83. The highest BCUT2D eigenvalue weighted by atomic mass is 16.6. The van der Waals surface area contributed by atoms with Gasteiger partial charge in [0.1, 0.15) is 0 Å². The van der Waals surface area contributed by atoms with Gasteiger partial charge in [-0.2, -0.15) is 0 Å². The van der Waals surface area contributed by atoms with Gasteiger partial charge in [0, 0.05) is 36.8 Å². The van der Waals surface area contributed by atoms with Crippen molar-refractivity contribution in [1.82, 2.24) is 4.90 Å². The van der Waals surface area contributed by atoms with E-state index < -0.39 is 18.1 Å². The molecule has 2 aliphatic heterocycles. The van der Waals surface area contributed by atoms with Crippen molar-refractivity contribution in [3.8, 4) is 0 Å². The van der Waals surface area contributed by atoms with Crippen molar-refractivity contribution in [3.05, 3.63) is 42.0 Å². The monoisotopic (exact) mass is 397 g/mol. The van der Waals surface area contributed by atoms with E-state index in [0.29, 0.717) is 23.7 Å². The fourth-order valence-electron chi connectivity index (χ4n) is 3.60. The number of nitrogens with zero attached hydrogens (tertiary/aromatic N) is 2. The summed E-state index contributed by atoms with van der Waals surface area (Å²) in [6.07, 6.45) is 1.07. The summed E-state index contributed by atoms with van der Waals surface area (Å²) in [6.45, 7) is 3.58. The second-order valence-corrected chi connectivity index (χ2v) is 6.37. The predicted octanol–water partition coefficient (Wildman–Crippen LogP) is 0.965. The molecule has 1 saturated heterocycles. The van der Waals surface area contributed by atoms with Gasteiger partial charge in [0.05, 0.1) is 6.17 Å². The maximum Gasteiger partial charge on any atom is 0.503 e. The molecule has 10 heteroatoms. The Balaban J connectivity index is 0.000000481. The Hall–Kier alpha value is -3.11. The van der Waals surface area contributed by atoms with Crippen LogP contribution < -0.4 is 4.90 Å². The molecule has 3 rings (SSSR count). The standard InChI is InChI=1S/C13H17N2.C4H4O4.CH2O3.H2O/c1-13-8-9-14(2)12(13)15(3)11-7-5-4-6-10(11)13;5-3(6)1-2-4(7)8;2-1(3)4;/h5-7,12H,8-9H2,1-3H3;1-2H,(H,5,6)(H,7,8);(H2,2,3,4);1H2/b;2-1+;;/t12-,13+;;;/m1.../s1. The Labute approximate surface area is 162 Å². The Morgan fingerprint density at radius 3 is 2.11 bits per heavy atom. The summed E-state index contributed by atoms with van der Waals surface area (Å²) in [5.74, 6) is -2.51. The molecule has 2 heterocycles. The summed E-state index contributed by atoms with van der Waals surface area (Å²) in [6, 6.07) is 9.59. The quantitative estimate of drug-likeness (QED) is 0.531. The second-order valence-electron chi connectivity index (χ2n) is 6.37. The molecule has 1 aromatic rings. The first kappa shape index (κ1) is 24.9. The number of carboxylic acids is 2. The van der Waals surface area contributed by atoms with E-state index in [2.05, 4.69) is 49.0 Å². The highest BCUT2D eigenvalue weighted by Crippen LogP contribution is 2.50. The fourth-order valence-corrected chi connectivity index (χ4v) is 3.60. The van der Waals surface area contributed by atoms with E-state index >= 15 is 0 Å². The third-order valence-electron chi connectivity index (χ3n) is 4.54. The summed E-state index contributed by atoms with van der Waals surface area (Å²) in [4.78, 5) is 32.5. The van der Waals surface area contributed by atoms with Crippen LogP contribution in [0.1, 0.15) is 18.9 Å². The lowest BCUT2D eigenvalue weighted by atomic mass is 9.81. The first-order valence-corrected chi connectivity index (χ1v) is 8.00. The van der Waals surface area contributed by atoms with Crippen LogP contribution in [0, 0.1) is 6.07 Å². The van der Waals surface area contributed by atoms with Gasteiger partial charge in [-0.15, -0.1) is 0 Å². The number of carbonyl (C=O) groups is 3. The molecule has 1 fully saturated rings. The largest absolute Gasteiger partial charge is 0.503 e. The summed E-state index contributed by atoms with van der Waals surface area (Å²) in [5, 5.41) is 29.6. The zero-order valence-electron chi connectivity index (χ0n) is 15.8. The smallest absolute Gasteiger partial charge is 0.478 e. The van der Waals surface area contributed by atoms with Crippen molar-refractivity contribution in [2.45, 2.75) is 24.9 Å². The molecule has 0 aromatic heterocycles. The van der Waals surface area contributed by atoms with Gasteiger partial charge in [0.15, 0.2) is 0 Å². The van der Waals surface area contributed by atoms with Crippen LogP contribution >= 0.6 is 0 Å². The number of rotatable bonds is 2. The highest BCUT2D eigenvalue weighted by molar-refractivity contribution is 5.89. The van der Waals surface area contributed by atoms with Crippen LogP contribution in [0.4, 0.5) is 10.5 Å². The van der Waals surface area contributed by atoms with Gasteiger partial charge in [0.2, 0.25) is 0 Å².